The summed E-state index contributed by atoms with van der Waals surface area (Å²) in [5.74, 6) is 0.869. The summed E-state index contributed by atoms with van der Waals surface area (Å²) in [6.45, 7) is 7.56. The van der Waals surface area contributed by atoms with Gasteiger partial charge in [0.15, 0.2) is 5.96 Å². The molecular weight excluding hydrogens is 324 g/mol. The summed E-state index contributed by atoms with van der Waals surface area (Å²) in [5, 5.41) is 7.04. The standard InChI is InChI=1S/C20H30N6/c1-16(2)25-11-8-18(9-12-25)24-20(21-3)23-14-17-6-4-5-7-19(17)26-13-10-22-15-26/h4-7,10,13,15-16,18H,8-9,11-12,14H2,1-3H3,(H2,21,23,24). The van der Waals surface area contributed by atoms with Gasteiger partial charge in [-0.3, -0.25) is 4.99 Å². The number of aromatic nitrogens is 2. The Morgan fingerprint density at radius 3 is 2.69 bits per heavy atom. The van der Waals surface area contributed by atoms with Crippen molar-refractivity contribution in [3.8, 4) is 5.69 Å². The van der Waals surface area contributed by atoms with Gasteiger partial charge in [0.1, 0.15) is 0 Å². The molecule has 2 heterocycles. The molecule has 0 aliphatic carbocycles. The molecule has 1 aliphatic rings. The SMILES string of the molecule is CN=C(NCc1ccccc1-n1ccnc1)NC1CCN(C(C)C)CC1. The molecule has 26 heavy (non-hydrogen) atoms. The number of nitrogens with zero attached hydrogens (tertiary/aromatic N) is 4. The van der Waals surface area contributed by atoms with Crippen LogP contribution in [0.15, 0.2) is 48.0 Å². The van der Waals surface area contributed by atoms with E-state index in [4.69, 9.17) is 0 Å². The molecule has 2 aromatic rings. The van der Waals surface area contributed by atoms with E-state index in [0.717, 1.165) is 44.1 Å². The molecule has 0 bridgehead atoms. The first-order valence-electron chi connectivity index (χ1n) is 9.45. The average Bonchev–Trinajstić information content (AvgIpc) is 3.20. The van der Waals surface area contributed by atoms with Crippen molar-refractivity contribution < 1.29 is 0 Å². The van der Waals surface area contributed by atoms with Crippen molar-refractivity contribution in [3.05, 3.63) is 48.5 Å². The molecule has 1 saturated heterocycles. The van der Waals surface area contributed by atoms with Crippen LogP contribution in [0.2, 0.25) is 0 Å². The summed E-state index contributed by atoms with van der Waals surface area (Å²) in [6.07, 6.45) is 7.91. The van der Waals surface area contributed by atoms with Crippen molar-refractivity contribution >= 4 is 5.96 Å². The smallest absolute Gasteiger partial charge is 0.191 e. The molecular formula is C20H30N6. The van der Waals surface area contributed by atoms with Gasteiger partial charge >= 0.3 is 0 Å². The van der Waals surface area contributed by atoms with E-state index >= 15 is 0 Å². The molecule has 0 atom stereocenters. The Bertz CT molecular complexity index is 699. The summed E-state index contributed by atoms with van der Waals surface area (Å²) in [6, 6.07) is 9.48. The lowest BCUT2D eigenvalue weighted by molar-refractivity contribution is 0.167. The van der Waals surface area contributed by atoms with Crippen LogP contribution in [0.4, 0.5) is 0 Å². The number of aliphatic imine (C=N–C) groups is 1. The number of hydrogen-bond donors (Lipinski definition) is 2. The molecule has 1 fully saturated rings. The van der Waals surface area contributed by atoms with Crippen molar-refractivity contribution in [1.82, 2.24) is 25.1 Å². The van der Waals surface area contributed by atoms with E-state index in [0.29, 0.717) is 12.1 Å². The molecule has 1 aliphatic heterocycles. The molecule has 6 heteroatoms. The lowest BCUT2D eigenvalue weighted by Gasteiger charge is -2.35. The van der Waals surface area contributed by atoms with Crippen LogP contribution in [0, 0.1) is 0 Å². The van der Waals surface area contributed by atoms with E-state index in [1.807, 2.05) is 24.1 Å². The number of piperidine rings is 1. The van der Waals surface area contributed by atoms with Gasteiger partial charge in [0.25, 0.3) is 0 Å². The van der Waals surface area contributed by atoms with E-state index in [-0.39, 0.29) is 0 Å². The number of para-hydroxylation sites is 1. The third-order valence-corrected chi connectivity index (χ3v) is 5.04. The van der Waals surface area contributed by atoms with Gasteiger partial charge in [-0.15, -0.1) is 0 Å². The van der Waals surface area contributed by atoms with E-state index in [1.165, 1.54) is 5.56 Å². The summed E-state index contributed by atoms with van der Waals surface area (Å²) >= 11 is 0. The number of nitrogens with one attached hydrogen (secondary N) is 2. The zero-order valence-electron chi connectivity index (χ0n) is 16.0. The third-order valence-electron chi connectivity index (χ3n) is 5.04. The molecule has 2 N–H and O–H groups in total. The Hall–Kier alpha value is -2.34. The molecule has 0 unspecified atom stereocenters. The maximum atomic E-state index is 4.41. The Morgan fingerprint density at radius 1 is 1.27 bits per heavy atom. The van der Waals surface area contributed by atoms with Crippen molar-refractivity contribution in [2.75, 3.05) is 20.1 Å². The second kappa shape index (κ2) is 8.85. The third kappa shape index (κ3) is 4.64. The first-order valence-corrected chi connectivity index (χ1v) is 9.45. The van der Waals surface area contributed by atoms with Gasteiger partial charge in [0.2, 0.25) is 0 Å². The van der Waals surface area contributed by atoms with Gasteiger partial charge in [-0.2, -0.15) is 0 Å². The Labute approximate surface area is 156 Å². The van der Waals surface area contributed by atoms with Crippen LogP contribution >= 0.6 is 0 Å². The molecule has 0 saturated carbocycles. The summed E-state index contributed by atoms with van der Waals surface area (Å²) < 4.78 is 2.04. The van der Waals surface area contributed by atoms with Gasteiger partial charge < -0.3 is 20.1 Å². The van der Waals surface area contributed by atoms with Crippen LogP contribution in [0.25, 0.3) is 5.69 Å². The predicted molar refractivity (Wildman–Crippen MR) is 107 cm³/mol. The minimum absolute atomic E-state index is 0.486. The van der Waals surface area contributed by atoms with Crippen LogP contribution in [-0.4, -0.2) is 52.6 Å². The van der Waals surface area contributed by atoms with Gasteiger partial charge in [0.05, 0.1) is 12.0 Å². The Kier molecular flexibility index (Phi) is 6.28. The first kappa shape index (κ1) is 18.5. The quantitative estimate of drug-likeness (QED) is 0.639. The van der Waals surface area contributed by atoms with Gasteiger partial charge in [0, 0.05) is 51.2 Å². The minimum Gasteiger partial charge on any atom is -0.354 e. The van der Waals surface area contributed by atoms with Gasteiger partial charge in [-0.05, 0) is 38.3 Å². The molecule has 0 radical (unpaired) electrons. The summed E-state index contributed by atoms with van der Waals surface area (Å²) in [5.41, 5.74) is 2.35. The molecule has 1 aromatic heterocycles. The lowest BCUT2D eigenvalue weighted by Crippen LogP contribution is -2.49. The lowest BCUT2D eigenvalue weighted by atomic mass is 10.0. The fourth-order valence-corrected chi connectivity index (χ4v) is 3.44. The average molecular weight is 355 g/mol. The van der Waals surface area contributed by atoms with E-state index < -0.39 is 0 Å². The summed E-state index contributed by atoms with van der Waals surface area (Å²) in [7, 11) is 1.83. The number of hydrogen-bond acceptors (Lipinski definition) is 3. The van der Waals surface area contributed by atoms with Gasteiger partial charge in [-0.1, -0.05) is 18.2 Å². The second-order valence-corrected chi connectivity index (χ2v) is 7.07. The number of likely N-dealkylation sites (tertiary alicyclic amines) is 1. The molecule has 0 amide bonds. The fraction of sp³-hybridized carbons (Fsp3) is 0.500. The number of benzene rings is 1. The van der Waals surface area contributed by atoms with Crippen molar-refractivity contribution in [1.29, 1.82) is 0 Å². The molecule has 3 rings (SSSR count). The normalized spacial score (nSPS) is 16.8. The van der Waals surface area contributed by atoms with Crippen LogP contribution in [0.3, 0.4) is 0 Å². The monoisotopic (exact) mass is 354 g/mol. The number of guanidine groups is 1. The maximum absolute atomic E-state index is 4.41. The molecule has 0 spiro atoms. The first-order chi connectivity index (χ1) is 12.7. The van der Waals surface area contributed by atoms with Crippen LogP contribution in [-0.2, 0) is 6.54 Å². The highest BCUT2D eigenvalue weighted by molar-refractivity contribution is 5.80. The van der Waals surface area contributed by atoms with Crippen molar-refractivity contribution in [2.24, 2.45) is 4.99 Å². The zero-order valence-corrected chi connectivity index (χ0v) is 16.0. The summed E-state index contributed by atoms with van der Waals surface area (Å²) in [4.78, 5) is 11.1. The maximum Gasteiger partial charge on any atom is 0.191 e. The number of imidazole rings is 1. The molecule has 1 aromatic carbocycles. The predicted octanol–water partition coefficient (Wildman–Crippen LogP) is 2.41. The fourth-order valence-electron chi connectivity index (χ4n) is 3.44. The largest absolute Gasteiger partial charge is 0.354 e. The Morgan fingerprint density at radius 2 is 2.04 bits per heavy atom. The highest BCUT2D eigenvalue weighted by Crippen LogP contribution is 2.15. The van der Waals surface area contributed by atoms with E-state index in [9.17, 15) is 0 Å². The van der Waals surface area contributed by atoms with Gasteiger partial charge in [-0.25, -0.2) is 4.98 Å². The number of rotatable bonds is 5. The van der Waals surface area contributed by atoms with E-state index in [1.54, 1.807) is 6.20 Å². The second-order valence-electron chi connectivity index (χ2n) is 7.07. The van der Waals surface area contributed by atoms with Crippen molar-refractivity contribution in [2.45, 2.75) is 45.3 Å². The highest BCUT2D eigenvalue weighted by Gasteiger charge is 2.21. The zero-order chi connectivity index (χ0) is 18.4. The van der Waals surface area contributed by atoms with Crippen LogP contribution < -0.4 is 10.6 Å². The van der Waals surface area contributed by atoms with Crippen LogP contribution in [0.1, 0.15) is 32.3 Å². The topological polar surface area (TPSA) is 57.5 Å². The molecule has 140 valence electrons. The highest BCUT2D eigenvalue weighted by atomic mass is 15.2. The van der Waals surface area contributed by atoms with Crippen molar-refractivity contribution in [3.63, 3.8) is 0 Å². The van der Waals surface area contributed by atoms with E-state index in [2.05, 4.69) is 63.6 Å². The minimum atomic E-state index is 0.486. The van der Waals surface area contributed by atoms with Crippen LogP contribution in [0.5, 0.6) is 0 Å². The molecule has 6 nitrogen and oxygen atoms in total. The Balaban J connectivity index is 1.56.